The number of ether oxygens (including phenoxy) is 1. The van der Waals surface area contributed by atoms with Gasteiger partial charge in [0.1, 0.15) is 16.9 Å². The number of carbonyl (C=O) groups is 2. The number of benzene rings is 1. The first-order valence-corrected chi connectivity index (χ1v) is 12.2. The second-order valence-electron chi connectivity index (χ2n) is 6.87. The monoisotopic (exact) mass is 501 g/mol. The molecule has 4 rings (SSSR count). The summed E-state index contributed by atoms with van der Waals surface area (Å²) in [5, 5.41) is 0.332. The van der Waals surface area contributed by atoms with E-state index in [9.17, 15) is 14.4 Å². The smallest absolute Gasteiger partial charge is 0.313 e. The molecule has 0 amide bonds. The molecule has 4 aromatic rings. The highest BCUT2D eigenvalue weighted by molar-refractivity contribution is 7.99. The number of hydrogen-bond acceptors (Lipinski definition) is 9. The minimum absolute atomic E-state index is 0.0366. The second-order valence-corrected chi connectivity index (χ2v) is 9.45. The molecule has 3 heterocycles. The molecular formula is C22H19N3O5S3. The SMILES string of the molecule is CCOC(=O)CC(=O)CSc1nc2c(sc(=S)n2-c2ccccc2)c(=O)n1Cc1ccco1. The molecule has 0 atom stereocenters. The van der Waals surface area contributed by atoms with Crippen LogP contribution >= 0.6 is 35.3 Å². The van der Waals surface area contributed by atoms with Crippen molar-refractivity contribution in [1.82, 2.24) is 14.1 Å². The second kappa shape index (κ2) is 10.3. The van der Waals surface area contributed by atoms with Crippen LogP contribution in [0.25, 0.3) is 16.0 Å². The summed E-state index contributed by atoms with van der Waals surface area (Å²) >= 11 is 7.82. The van der Waals surface area contributed by atoms with Gasteiger partial charge in [-0.1, -0.05) is 41.3 Å². The minimum Gasteiger partial charge on any atom is -0.467 e. The number of furan rings is 1. The molecule has 1 aromatic carbocycles. The molecule has 0 radical (unpaired) electrons. The number of para-hydroxylation sites is 1. The van der Waals surface area contributed by atoms with Gasteiger partial charge in [0.2, 0.25) is 0 Å². The van der Waals surface area contributed by atoms with Crippen LogP contribution in [0, 0.1) is 3.95 Å². The molecule has 0 spiro atoms. The highest BCUT2D eigenvalue weighted by atomic mass is 32.2. The van der Waals surface area contributed by atoms with Gasteiger partial charge in [0.25, 0.3) is 5.56 Å². The molecule has 0 saturated heterocycles. The molecule has 0 aliphatic heterocycles. The van der Waals surface area contributed by atoms with E-state index < -0.39 is 5.97 Å². The summed E-state index contributed by atoms with van der Waals surface area (Å²) in [7, 11) is 0. The lowest BCUT2D eigenvalue weighted by atomic mass is 10.3. The van der Waals surface area contributed by atoms with Gasteiger partial charge in [0.05, 0.1) is 25.2 Å². The van der Waals surface area contributed by atoms with Crippen LogP contribution in [-0.2, 0) is 20.9 Å². The number of carbonyl (C=O) groups excluding carboxylic acids is 2. The lowest BCUT2D eigenvalue weighted by Crippen LogP contribution is -2.24. The van der Waals surface area contributed by atoms with Crippen molar-refractivity contribution in [3.05, 3.63) is 68.8 Å². The van der Waals surface area contributed by atoms with Gasteiger partial charge in [0, 0.05) is 5.69 Å². The van der Waals surface area contributed by atoms with E-state index in [-0.39, 0.29) is 36.7 Å². The van der Waals surface area contributed by atoms with Crippen molar-refractivity contribution in [2.45, 2.75) is 25.0 Å². The molecule has 0 saturated carbocycles. The number of thiazole rings is 1. The zero-order valence-corrected chi connectivity index (χ0v) is 20.0. The van der Waals surface area contributed by atoms with E-state index in [0.717, 1.165) is 17.4 Å². The molecule has 0 unspecified atom stereocenters. The molecule has 11 heteroatoms. The van der Waals surface area contributed by atoms with Crippen LogP contribution < -0.4 is 5.56 Å². The Balaban J connectivity index is 1.76. The lowest BCUT2D eigenvalue weighted by Gasteiger charge is -2.11. The fourth-order valence-corrected chi connectivity index (χ4v) is 5.32. The first-order valence-electron chi connectivity index (χ1n) is 10.0. The van der Waals surface area contributed by atoms with Gasteiger partial charge in [-0.15, -0.1) is 0 Å². The Morgan fingerprint density at radius 1 is 1.21 bits per heavy atom. The Hall–Kier alpha value is -3.02. The predicted molar refractivity (Wildman–Crippen MR) is 129 cm³/mol. The first kappa shape index (κ1) is 23.1. The third-order valence-corrected chi connectivity index (χ3v) is 6.96. The summed E-state index contributed by atoms with van der Waals surface area (Å²) < 4.78 is 14.4. The van der Waals surface area contributed by atoms with Gasteiger partial charge in [-0.05, 0) is 43.4 Å². The average Bonchev–Trinajstić information content (AvgIpc) is 3.42. The van der Waals surface area contributed by atoms with E-state index in [1.807, 2.05) is 30.3 Å². The summed E-state index contributed by atoms with van der Waals surface area (Å²) in [6.45, 7) is 2.04. The third kappa shape index (κ3) is 5.15. The largest absolute Gasteiger partial charge is 0.467 e. The van der Waals surface area contributed by atoms with E-state index >= 15 is 0 Å². The minimum atomic E-state index is -0.574. The number of aromatic nitrogens is 3. The van der Waals surface area contributed by atoms with E-state index in [1.165, 1.54) is 22.2 Å². The lowest BCUT2D eigenvalue weighted by molar-refractivity contribution is -0.145. The Labute approximate surface area is 201 Å². The summed E-state index contributed by atoms with van der Waals surface area (Å²) in [4.78, 5) is 42.1. The van der Waals surface area contributed by atoms with Gasteiger partial charge in [-0.2, -0.15) is 0 Å². The van der Waals surface area contributed by atoms with Crippen molar-refractivity contribution in [2.75, 3.05) is 12.4 Å². The quantitative estimate of drug-likeness (QED) is 0.111. The summed E-state index contributed by atoms with van der Waals surface area (Å²) in [5.41, 5.74) is 0.943. The predicted octanol–water partition coefficient (Wildman–Crippen LogP) is 4.23. The molecule has 0 fully saturated rings. The first-order chi connectivity index (χ1) is 16.0. The number of rotatable bonds is 9. The molecule has 0 aliphatic rings. The number of fused-ring (bicyclic) bond motifs is 1. The zero-order valence-electron chi connectivity index (χ0n) is 17.6. The summed E-state index contributed by atoms with van der Waals surface area (Å²) in [6, 6.07) is 12.9. The zero-order chi connectivity index (χ0) is 23.4. The molecule has 0 N–H and O–H groups in total. The van der Waals surface area contributed by atoms with E-state index in [4.69, 9.17) is 26.4 Å². The number of thioether (sulfide) groups is 1. The van der Waals surface area contributed by atoms with Crippen molar-refractivity contribution < 1.29 is 18.7 Å². The average molecular weight is 502 g/mol. The standard InChI is InChI=1S/C22H19N3O5S3/c1-2-29-17(27)11-15(26)13-32-21-23-19-18(20(28)24(21)12-16-9-6-10-30-16)33-22(31)25(19)14-7-4-3-5-8-14/h3-10H,2,11-13H2,1H3. The van der Waals surface area contributed by atoms with Crippen LogP contribution in [0.5, 0.6) is 0 Å². The Bertz CT molecular complexity index is 1410. The van der Waals surface area contributed by atoms with Crippen molar-refractivity contribution >= 4 is 57.4 Å². The van der Waals surface area contributed by atoms with Crippen molar-refractivity contribution in [2.24, 2.45) is 0 Å². The fourth-order valence-electron chi connectivity index (χ4n) is 3.15. The topological polar surface area (TPSA) is 96.3 Å². The number of esters is 1. The van der Waals surface area contributed by atoms with Gasteiger partial charge in [0.15, 0.2) is 20.5 Å². The van der Waals surface area contributed by atoms with Crippen molar-refractivity contribution in [3.8, 4) is 5.69 Å². The van der Waals surface area contributed by atoms with Gasteiger partial charge < -0.3 is 9.15 Å². The molecule has 8 nitrogen and oxygen atoms in total. The molecule has 0 aliphatic carbocycles. The summed E-state index contributed by atoms with van der Waals surface area (Å²) in [6.07, 6.45) is 1.20. The van der Waals surface area contributed by atoms with Crippen LogP contribution in [0.15, 0.2) is 63.1 Å². The Morgan fingerprint density at radius 2 is 2.00 bits per heavy atom. The van der Waals surface area contributed by atoms with E-state index in [2.05, 4.69) is 0 Å². The Morgan fingerprint density at radius 3 is 2.70 bits per heavy atom. The maximum Gasteiger partial charge on any atom is 0.313 e. The van der Waals surface area contributed by atoms with Gasteiger partial charge in [-0.3, -0.25) is 23.5 Å². The van der Waals surface area contributed by atoms with Crippen LogP contribution in [0.4, 0.5) is 0 Å². The highest BCUT2D eigenvalue weighted by Gasteiger charge is 2.20. The maximum atomic E-state index is 13.4. The van der Waals surface area contributed by atoms with Crippen LogP contribution in [0.1, 0.15) is 19.1 Å². The fraction of sp³-hybridized carbons (Fsp3) is 0.227. The third-order valence-electron chi connectivity index (χ3n) is 4.58. The number of Topliss-reactive ketones (excluding diaryl/α,β-unsaturated/α-hetero) is 1. The normalized spacial score (nSPS) is 11.1. The number of hydrogen-bond donors (Lipinski definition) is 0. The van der Waals surface area contributed by atoms with E-state index in [0.29, 0.717) is 25.2 Å². The highest BCUT2D eigenvalue weighted by Crippen LogP contribution is 2.26. The van der Waals surface area contributed by atoms with Crippen LogP contribution in [0.3, 0.4) is 0 Å². The molecule has 170 valence electrons. The van der Waals surface area contributed by atoms with Crippen molar-refractivity contribution in [1.29, 1.82) is 0 Å². The number of ketones is 1. The Kier molecular flexibility index (Phi) is 7.21. The van der Waals surface area contributed by atoms with Gasteiger partial charge in [-0.25, -0.2) is 4.98 Å². The molecular weight excluding hydrogens is 482 g/mol. The van der Waals surface area contributed by atoms with Gasteiger partial charge >= 0.3 is 5.97 Å². The molecule has 3 aromatic heterocycles. The number of nitrogens with zero attached hydrogens (tertiary/aromatic N) is 3. The van der Waals surface area contributed by atoms with Crippen LogP contribution in [-0.4, -0.2) is 38.2 Å². The van der Waals surface area contributed by atoms with E-state index in [1.54, 1.807) is 23.6 Å². The molecule has 0 bridgehead atoms. The van der Waals surface area contributed by atoms with Crippen molar-refractivity contribution in [3.63, 3.8) is 0 Å². The molecule has 33 heavy (non-hydrogen) atoms. The summed E-state index contributed by atoms with van der Waals surface area (Å²) in [5.74, 6) is -0.355. The maximum absolute atomic E-state index is 13.4. The van der Waals surface area contributed by atoms with Crippen LogP contribution in [0.2, 0.25) is 0 Å².